The molecule has 1 amide bonds. The number of carboxylic acid groups (broad SMARTS) is 1. The molecule has 1 saturated heterocycles. The molecular formula is C16H9N3O3S2. The van der Waals surface area contributed by atoms with Gasteiger partial charge in [-0.15, -0.1) is 11.8 Å². The summed E-state index contributed by atoms with van der Waals surface area (Å²) in [6, 6.07) is 6.00. The molecule has 118 valence electrons. The normalized spacial score (nSPS) is 21.4. The summed E-state index contributed by atoms with van der Waals surface area (Å²) in [6.07, 6.45) is 5.54. The summed E-state index contributed by atoms with van der Waals surface area (Å²) in [7, 11) is 0. The van der Waals surface area contributed by atoms with E-state index < -0.39 is 5.97 Å². The molecule has 1 unspecified atom stereocenters. The highest BCUT2D eigenvalue weighted by molar-refractivity contribution is 8.03. The fraction of sp³-hybridized carbons (Fsp3) is 0.0625. The molecule has 2 aromatic heterocycles. The molecule has 1 aromatic carbocycles. The summed E-state index contributed by atoms with van der Waals surface area (Å²) in [5.41, 5.74) is 2.70. The number of benzene rings is 1. The monoisotopic (exact) mass is 355 g/mol. The summed E-state index contributed by atoms with van der Waals surface area (Å²) in [4.78, 5) is 29.9. The van der Waals surface area contributed by atoms with Gasteiger partial charge >= 0.3 is 5.97 Å². The van der Waals surface area contributed by atoms with Crippen molar-refractivity contribution in [3.05, 3.63) is 52.8 Å². The number of hydrogen-bond donors (Lipinski definition) is 1. The minimum absolute atomic E-state index is 0.0575. The standard InChI is InChI=1S/C16H9N3O3S2/c20-13-9(14-19(13)11(7-23-14)15(21)22)5-8-1-2-10-12(6-8)24-16-17-3-4-18(10)16/h1-7,14H,(H,21,22)/b9-5-. The van der Waals surface area contributed by atoms with Crippen LogP contribution in [0.4, 0.5) is 0 Å². The number of carbonyl (C=O) groups excluding carboxylic acids is 1. The van der Waals surface area contributed by atoms with E-state index in [2.05, 4.69) is 4.98 Å². The van der Waals surface area contributed by atoms with Crippen LogP contribution in [0.3, 0.4) is 0 Å². The molecule has 0 aliphatic carbocycles. The minimum Gasteiger partial charge on any atom is -0.477 e. The van der Waals surface area contributed by atoms with Crippen molar-refractivity contribution < 1.29 is 14.7 Å². The van der Waals surface area contributed by atoms with Gasteiger partial charge in [0, 0.05) is 17.8 Å². The van der Waals surface area contributed by atoms with Crippen molar-refractivity contribution in [1.82, 2.24) is 14.3 Å². The third-order valence-corrected chi connectivity index (χ3v) is 6.24. The molecule has 0 saturated carbocycles. The summed E-state index contributed by atoms with van der Waals surface area (Å²) in [5, 5.41) is 10.4. The number of aromatic nitrogens is 2. The molecule has 3 aromatic rings. The number of fused-ring (bicyclic) bond motifs is 4. The number of imidazole rings is 1. The van der Waals surface area contributed by atoms with Gasteiger partial charge in [0.1, 0.15) is 11.1 Å². The molecular weight excluding hydrogens is 346 g/mol. The van der Waals surface area contributed by atoms with Gasteiger partial charge in [-0.1, -0.05) is 17.4 Å². The largest absolute Gasteiger partial charge is 0.477 e. The first-order valence-corrected chi connectivity index (χ1v) is 8.89. The van der Waals surface area contributed by atoms with E-state index in [9.17, 15) is 9.59 Å². The average molecular weight is 355 g/mol. The number of aliphatic carboxylic acids is 1. The minimum atomic E-state index is -1.07. The first kappa shape index (κ1) is 13.8. The van der Waals surface area contributed by atoms with Crippen molar-refractivity contribution in [1.29, 1.82) is 0 Å². The fourth-order valence-corrected chi connectivity index (χ4v) is 5.15. The SMILES string of the molecule is O=C(O)C1=CSC2/C(=C\c3ccc4c(c3)sc3nccn34)C(=O)N12. The molecule has 1 N–H and O–H groups in total. The van der Waals surface area contributed by atoms with E-state index in [4.69, 9.17) is 5.11 Å². The Hall–Kier alpha value is -2.58. The van der Waals surface area contributed by atoms with E-state index in [-0.39, 0.29) is 17.0 Å². The van der Waals surface area contributed by atoms with Gasteiger partial charge in [-0.2, -0.15) is 0 Å². The van der Waals surface area contributed by atoms with Crippen molar-refractivity contribution in [2.75, 3.05) is 0 Å². The van der Waals surface area contributed by atoms with Crippen molar-refractivity contribution in [3.8, 4) is 0 Å². The van der Waals surface area contributed by atoms with Gasteiger partial charge in [0.05, 0.1) is 15.8 Å². The number of thioether (sulfide) groups is 1. The van der Waals surface area contributed by atoms with Crippen LogP contribution in [0.2, 0.25) is 0 Å². The zero-order valence-electron chi connectivity index (χ0n) is 12.0. The van der Waals surface area contributed by atoms with Crippen LogP contribution >= 0.6 is 23.1 Å². The van der Waals surface area contributed by atoms with Crippen molar-refractivity contribution in [3.63, 3.8) is 0 Å². The van der Waals surface area contributed by atoms with Crippen LogP contribution in [-0.4, -0.2) is 36.6 Å². The molecule has 0 radical (unpaired) electrons. The number of thiazole rings is 1. The van der Waals surface area contributed by atoms with E-state index in [1.165, 1.54) is 22.1 Å². The van der Waals surface area contributed by atoms with E-state index in [1.807, 2.05) is 34.9 Å². The van der Waals surface area contributed by atoms with E-state index in [1.54, 1.807) is 17.5 Å². The van der Waals surface area contributed by atoms with Crippen molar-refractivity contribution in [2.24, 2.45) is 0 Å². The molecule has 4 heterocycles. The number of rotatable bonds is 2. The lowest BCUT2D eigenvalue weighted by molar-refractivity contribution is -0.141. The van der Waals surface area contributed by atoms with Crippen LogP contribution in [0.25, 0.3) is 21.3 Å². The lowest BCUT2D eigenvalue weighted by Crippen LogP contribution is -2.51. The number of nitrogens with zero attached hydrogens (tertiary/aromatic N) is 3. The van der Waals surface area contributed by atoms with Gasteiger partial charge in [-0.05, 0) is 23.8 Å². The second-order valence-electron chi connectivity index (χ2n) is 5.48. The predicted molar refractivity (Wildman–Crippen MR) is 92.5 cm³/mol. The number of amides is 1. The first-order valence-electron chi connectivity index (χ1n) is 7.13. The second kappa shape index (κ2) is 4.71. The van der Waals surface area contributed by atoms with Crippen LogP contribution in [0, 0.1) is 0 Å². The summed E-state index contributed by atoms with van der Waals surface area (Å²) >= 11 is 2.94. The predicted octanol–water partition coefficient (Wildman–Crippen LogP) is 2.77. The topological polar surface area (TPSA) is 74.9 Å². The Morgan fingerprint density at radius 1 is 1.38 bits per heavy atom. The second-order valence-corrected chi connectivity index (χ2v) is 7.44. The fourth-order valence-electron chi connectivity index (χ4n) is 2.99. The summed E-state index contributed by atoms with van der Waals surface area (Å²) in [6.45, 7) is 0. The van der Waals surface area contributed by atoms with E-state index in [0.717, 1.165) is 20.7 Å². The molecule has 6 nitrogen and oxygen atoms in total. The number of carbonyl (C=O) groups is 2. The highest BCUT2D eigenvalue weighted by Crippen LogP contribution is 2.45. The summed E-state index contributed by atoms with van der Waals surface area (Å²) in [5.74, 6) is -1.31. The smallest absolute Gasteiger partial charge is 0.353 e. The molecule has 5 rings (SSSR count). The molecule has 1 fully saturated rings. The molecule has 1 atom stereocenters. The van der Waals surface area contributed by atoms with Crippen LogP contribution in [0.1, 0.15) is 5.56 Å². The maximum absolute atomic E-state index is 12.3. The molecule has 2 aliphatic rings. The zero-order chi connectivity index (χ0) is 16.4. The average Bonchev–Trinajstić information content (AvgIpc) is 3.24. The van der Waals surface area contributed by atoms with Gasteiger partial charge < -0.3 is 5.11 Å². The van der Waals surface area contributed by atoms with Gasteiger partial charge in [0.25, 0.3) is 5.91 Å². The maximum atomic E-state index is 12.3. The lowest BCUT2D eigenvalue weighted by atomic mass is 10.0. The Labute approximate surface area is 143 Å². The molecule has 8 heteroatoms. The molecule has 0 spiro atoms. The van der Waals surface area contributed by atoms with Gasteiger partial charge in [-0.25, -0.2) is 9.78 Å². The van der Waals surface area contributed by atoms with E-state index in [0.29, 0.717) is 5.57 Å². The lowest BCUT2D eigenvalue weighted by Gasteiger charge is -2.37. The Morgan fingerprint density at radius 2 is 2.25 bits per heavy atom. The van der Waals surface area contributed by atoms with Gasteiger partial charge in [0.15, 0.2) is 4.96 Å². The Balaban J connectivity index is 1.52. The van der Waals surface area contributed by atoms with Crippen LogP contribution in [0.15, 0.2) is 47.3 Å². The number of β-lactam (4-membered cyclic amide) rings is 1. The van der Waals surface area contributed by atoms with Crippen molar-refractivity contribution >= 4 is 56.2 Å². The van der Waals surface area contributed by atoms with Crippen molar-refractivity contribution in [2.45, 2.75) is 5.37 Å². The Morgan fingerprint density at radius 3 is 3.08 bits per heavy atom. The van der Waals surface area contributed by atoms with Gasteiger partial charge in [-0.3, -0.25) is 14.1 Å². The molecule has 2 aliphatic heterocycles. The van der Waals surface area contributed by atoms with Crippen LogP contribution in [-0.2, 0) is 9.59 Å². The van der Waals surface area contributed by atoms with E-state index >= 15 is 0 Å². The summed E-state index contributed by atoms with van der Waals surface area (Å²) < 4.78 is 3.13. The quantitative estimate of drug-likeness (QED) is 0.565. The van der Waals surface area contributed by atoms with Gasteiger partial charge in [0.2, 0.25) is 0 Å². The molecule has 24 heavy (non-hydrogen) atoms. The third kappa shape index (κ3) is 1.75. The zero-order valence-corrected chi connectivity index (χ0v) is 13.7. The first-order chi connectivity index (χ1) is 11.6. The van der Waals surface area contributed by atoms with Crippen LogP contribution in [0.5, 0.6) is 0 Å². The molecule has 0 bridgehead atoms. The highest BCUT2D eigenvalue weighted by atomic mass is 32.2. The third-order valence-electron chi connectivity index (χ3n) is 4.13. The van der Waals surface area contributed by atoms with Crippen LogP contribution < -0.4 is 0 Å². The highest BCUT2D eigenvalue weighted by Gasteiger charge is 2.49. The number of hydrogen-bond acceptors (Lipinski definition) is 5. The maximum Gasteiger partial charge on any atom is 0.353 e. The Bertz CT molecular complexity index is 1110. The number of carboxylic acids is 1. The Kier molecular flexibility index (Phi) is 2.71.